The van der Waals surface area contributed by atoms with Crippen LogP contribution >= 0.6 is 15.9 Å². The molecule has 0 bridgehead atoms. The number of halogens is 1. The molecular formula is C12H17BrN2O4S. The van der Waals surface area contributed by atoms with Gasteiger partial charge in [-0.1, -0.05) is 0 Å². The fourth-order valence-corrected chi connectivity index (χ4v) is 2.97. The highest BCUT2D eigenvalue weighted by molar-refractivity contribution is 9.10. The second-order valence-electron chi connectivity index (χ2n) is 5.22. The van der Waals surface area contributed by atoms with Crippen LogP contribution in [-0.2, 0) is 19.6 Å². The van der Waals surface area contributed by atoms with Crippen LogP contribution in [0.1, 0.15) is 27.7 Å². The third-order valence-corrected chi connectivity index (χ3v) is 4.02. The molecular weight excluding hydrogens is 348 g/mol. The van der Waals surface area contributed by atoms with E-state index in [1.165, 1.54) is 25.4 Å². The number of nitrogens with zero attached hydrogens (tertiary/aromatic N) is 1. The zero-order valence-corrected chi connectivity index (χ0v) is 14.1. The Morgan fingerprint density at radius 3 is 2.50 bits per heavy atom. The number of carbonyl (C=O) groups excluding carboxylic acids is 1. The van der Waals surface area contributed by atoms with Gasteiger partial charge in [-0.3, -0.25) is 9.78 Å². The van der Waals surface area contributed by atoms with Gasteiger partial charge in [-0.15, -0.1) is 0 Å². The lowest BCUT2D eigenvalue weighted by Crippen LogP contribution is -2.42. The van der Waals surface area contributed by atoms with Gasteiger partial charge in [0.25, 0.3) is 0 Å². The lowest BCUT2D eigenvalue weighted by atomic mass is 10.2. The van der Waals surface area contributed by atoms with Crippen LogP contribution < -0.4 is 4.72 Å². The highest BCUT2D eigenvalue weighted by Gasteiger charge is 2.26. The van der Waals surface area contributed by atoms with Crippen molar-refractivity contribution >= 4 is 31.9 Å². The molecule has 0 spiro atoms. The van der Waals surface area contributed by atoms with Crippen LogP contribution in [0.4, 0.5) is 0 Å². The highest BCUT2D eigenvalue weighted by atomic mass is 79.9. The van der Waals surface area contributed by atoms with Crippen LogP contribution in [0.3, 0.4) is 0 Å². The van der Waals surface area contributed by atoms with E-state index in [9.17, 15) is 13.2 Å². The summed E-state index contributed by atoms with van der Waals surface area (Å²) in [7, 11) is -3.83. The van der Waals surface area contributed by atoms with Crippen molar-refractivity contribution in [1.82, 2.24) is 9.71 Å². The summed E-state index contributed by atoms with van der Waals surface area (Å²) < 4.78 is 32.1. The Morgan fingerprint density at radius 1 is 1.40 bits per heavy atom. The molecule has 0 aromatic carbocycles. The summed E-state index contributed by atoms with van der Waals surface area (Å²) in [6, 6.07) is 0.412. The summed E-state index contributed by atoms with van der Waals surface area (Å²) in [5.41, 5.74) is -0.673. The topological polar surface area (TPSA) is 85.4 Å². The molecule has 1 heterocycles. The van der Waals surface area contributed by atoms with Gasteiger partial charge in [0.1, 0.15) is 16.5 Å². The lowest BCUT2D eigenvalue weighted by molar-refractivity contribution is -0.156. The van der Waals surface area contributed by atoms with E-state index in [4.69, 9.17) is 4.74 Å². The second kappa shape index (κ2) is 6.19. The zero-order chi connectivity index (χ0) is 15.6. The summed E-state index contributed by atoms with van der Waals surface area (Å²) in [6.45, 7) is 6.57. The first-order valence-corrected chi connectivity index (χ1v) is 8.14. The summed E-state index contributed by atoms with van der Waals surface area (Å²) in [4.78, 5) is 15.5. The molecule has 0 unspecified atom stereocenters. The minimum absolute atomic E-state index is 0.0257. The number of pyridine rings is 1. The number of hydrogen-bond donors (Lipinski definition) is 1. The summed E-state index contributed by atoms with van der Waals surface area (Å²) in [6.07, 6.45) is 2.67. The van der Waals surface area contributed by atoms with Crippen molar-refractivity contribution in [2.75, 3.05) is 0 Å². The number of hydrogen-bond acceptors (Lipinski definition) is 5. The summed E-state index contributed by atoms with van der Waals surface area (Å²) in [5.74, 6) is -0.635. The molecule has 0 amide bonds. The number of esters is 1. The molecule has 0 fully saturated rings. The quantitative estimate of drug-likeness (QED) is 0.824. The fraction of sp³-hybridized carbons (Fsp3) is 0.500. The van der Waals surface area contributed by atoms with E-state index < -0.39 is 27.6 Å². The molecule has 1 N–H and O–H groups in total. The lowest BCUT2D eigenvalue weighted by Gasteiger charge is -2.22. The minimum atomic E-state index is -3.83. The molecule has 1 rings (SSSR count). The number of ether oxygens (including phenoxy) is 1. The predicted octanol–water partition coefficient (Wildman–Crippen LogP) is 1.85. The Balaban J connectivity index is 2.84. The molecule has 8 heteroatoms. The average molecular weight is 365 g/mol. The molecule has 6 nitrogen and oxygen atoms in total. The number of nitrogens with one attached hydrogen (secondary N) is 1. The van der Waals surface area contributed by atoms with E-state index in [2.05, 4.69) is 25.6 Å². The molecule has 1 aromatic heterocycles. The van der Waals surface area contributed by atoms with Crippen molar-refractivity contribution in [3.05, 3.63) is 22.9 Å². The molecule has 1 aromatic rings. The van der Waals surface area contributed by atoms with Gasteiger partial charge in [0, 0.05) is 16.9 Å². The first-order chi connectivity index (χ1) is 9.01. The van der Waals surface area contributed by atoms with Gasteiger partial charge in [-0.25, -0.2) is 8.42 Å². The molecule has 0 saturated carbocycles. The maximum absolute atomic E-state index is 12.1. The molecule has 1 atom stereocenters. The van der Waals surface area contributed by atoms with Crippen LogP contribution in [0.15, 0.2) is 27.8 Å². The largest absolute Gasteiger partial charge is 0.459 e. The van der Waals surface area contributed by atoms with Crippen LogP contribution in [0.25, 0.3) is 0 Å². The molecule has 0 aliphatic heterocycles. The van der Waals surface area contributed by atoms with E-state index in [0.717, 1.165) is 0 Å². The highest BCUT2D eigenvalue weighted by Crippen LogP contribution is 2.15. The smallest absolute Gasteiger partial charge is 0.324 e. The van der Waals surface area contributed by atoms with Crippen molar-refractivity contribution in [3.63, 3.8) is 0 Å². The van der Waals surface area contributed by atoms with E-state index in [-0.39, 0.29) is 4.90 Å². The van der Waals surface area contributed by atoms with Gasteiger partial charge in [0.15, 0.2) is 0 Å². The Hall–Kier alpha value is -0.990. The first kappa shape index (κ1) is 17.1. The number of carbonyl (C=O) groups is 1. The average Bonchev–Trinajstić information content (AvgIpc) is 2.26. The monoisotopic (exact) mass is 364 g/mol. The molecule has 112 valence electrons. The normalized spacial score (nSPS) is 13.8. The third-order valence-electron chi connectivity index (χ3n) is 2.08. The number of aromatic nitrogens is 1. The first-order valence-electron chi connectivity index (χ1n) is 5.87. The van der Waals surface area contributed by atoms with Gasteiger partial charge < -0.3 is 4.74 Å². The van der Waals surface area contributed by atoms with Crippen molar-refractivity contribution in [3.8, 4) is 0 Å². The maximum atomic E-state index is 12.1. The number of sulfonamides is 1. The zero-order valence-electron chi connectivity index (χ0n) is 11.7. The van der Waals surface area contributed by atoms with Gasteiger partial charge in [0.05, 0.1) is 0 Å². The minimum Gasteiger partial charge on any atom is -0.459 e. The van der Waals surface area contributed by atoms with Gasteiger partial charge in [-0.05, 0) is 49.7 Å². The van der Waals surface area contributed by atoms with E-state index in [1.807, 2.05) is 0 Å². The van der Waals surface area contributed by atoms with Crippen LogP contribution in [0.5, 0.6) is 0 Å². The van der Waals surface area contributed by atoms with Gasteiger partial charge >= 0.3 is 5.97 Å². The van der Waals surface area contributed by atoms with Gasteiger partial charge in [-0.2, -0.15) is 4.72 Å². The Morgan fingerprint density at radius 2 is 2.00 bits per heavy atom. The Labute approximate surface area is 127 Å². The summed E-state index contributed by atoms with van der Waals surface area (Å²) in [5, 5.41) is 0. The van der Waals surface area contributed by atoms with Crippen LogP contribution in [0.2, 0.25) is 0 Å². The van der Waals surface area contributed by atoms with E-state index >= 15 is 0 Å². The fourth-order valence-electron chi connectivity index (χ4n) is 1.28. The second-order valence-corrected chi connectivity index (χ2v) is 7.84. The molecule has 0 radical (unpaired) electrons. The predicted molar refractivity (Wildman–Crippen MR) is 77.6 cm³/mol. The van der Waals surface area contributed by atoms with Gasteiger partial charge in [0.2, 0.25) is 10.0 Å². The molecule has 0 aliphatic carbocycles. The third kappa shape index (κ3) is 5.18. The molecule has 20 heavy (non-hydrogen) atoms. The SMILES string of the molecule is C[C@@H](NS(=O)(=O)c1cncc(Br)c1)C(=O)OC(C)(C)C. The van der Waals surface area contributed by atoms with Crippen LogP contribution in [0, 0.1) is 0 Å². The maximum Gasteiger partial charge on any atom is 0.324 e. The van der Waals surface area contributed by atoms with Crippen LogP contribution in [-0.4, -0.2) is 31.0 Å². The van der Waals surface area contributed by atoms with E-state index in [0.29, 0.717) is 4.47 Å². The van der Waals surface area contributed by atoms with Crippen molar-refractivity contribution in [1.29, 1.82) is 0 Å². The molecule has 0 saturated heterocycles. The van der Waals surface area contributed by atoms with Crippen molar-refractivity contribution < 1.29 is 17.9 Å². The van der Waals surface area contributed by atoms with Crippen molar-refractivity contribution in [2.24, 2.45) is 0 Å². The van der Waals surface area contributed by atoms with E-state index in [1.54, 1.807) is 20.8 Å². The van der Waals surface area contributed by atoms with Crippen molar-refractivity contribution in [2.45, 2.75) is 44.2 Å². The standard InChI is InChI=1S/C12H17BrN2O4S/c1-8(11(16)19-12(2,3)4)15-20(17,18)10-5-9(13)6-14-7-10/h5-8,15H,1-4H3/t8-/m1/s1. The number of rotatable bonds is 4. The Kier molecular flexibility index (Phi) is 5.28. The Bertz CT molecular complexity index is 596. The molecule has 0 aliphatic rings. The summed E-state index contributed by atoms with van der Waals surface area (Å²) >= 11 is 3.14.